The first kappa shape index (κ1) is 14.8. The largest absolute Gasteiger partial charge is 0.481 e. The molecule has 2 N–H and O–H groups in total. The number of halogens is 1. The Kier molecular flexibility index (Phi) is 3.73. The predicted octanol–water partition coefficient (Wildman–Crippen LogP) is 3.21. The van der Waals surface area contributed by atoms with Crippen molar-refractivity contribution in [2.75, 3.05) is 0 Å². The second-order valence-electron chi connectivity index (χ2n) is 5.40. The Morgan fingerprint density at radius 1 is 1.15 bits per heavy atom. The van der Waals surface area contributed by atoms with Gasteiger partial charge >= 0.3 is 11.9 Å². The molecule has 5 heteroatoms. The maximum Gasteiger partial charge on any atom is 0.314 e. The number of carbonyl (C=O) groups is 2. The third kappa shape index (κ3) is 2.38. The van der Waals surface area contributed by atoms with Crippen molar-refractivity contribution in [2.24, 2.45) is 5.41 Å². The van der Waals surface area contributed by atoms with E-state index in [2.05, 4.69) is 15.9 Å². The van der Waals surface area contributed by atoms with Gasteiger partial charge in [0.15, 0.2) is 0 Å². The van der Waals surface area contributed by atoms with E-state index in [1.807, 2.05) is 0 Å². The fourth-order valence-corrected chi connectivity index (χ4v) is 2.96. The van der Waals surface area contributed by atoms with Gasteiger partial charge in [-0.1, -0.05) is 40.2 Å². The van der Waals surface area contributed by atoms with Crippen molar-refractivity contribution in [3.05, 3.63) is 46.5 Å². The van der Waals surface area contributed by atoms with Crippen LogP contribution in [0.3, 0.4) is 0 Å². The molecule has 20 heavy (non-hydrogen) atoms. The zero-order valence-corrected chi connectivity index (χ0v) is 12.6. The Bertz CT molecular complexity index is 578. The van der Waals surface area contributed by atoms with Gasteiger partial charge in [0.25, 0.3) is 0 Å². The molecule has 0 heterocycles. The fourth-order valence-electron chi connectivity index (χ4n) is 2.70. The summed E-state index contributed by atoms with van der Waals surface area (Å²) in [7, 11) is 0. The Hall–Kier alpha value is -1.62. The highest BCUT2D eigenvalue weighted by Crippen LogP contribution is 2.45. The van der Waals surface area contributed by atoms with Crippen LogP contribution in [-0.4, -0.2) is 22.2 Å². The molecule has 1 aromatic rings. The third-order valence-corrected chi connectivity index (χ3v) is 4.44. The Morgan fingerprint density at radius 2 is 1.75 bits per heavy atom. The second-order valence-corrected chi connectivity index (χ2v) is 6.32. The first-order valence-corrected chi connectivity index (χ1v) is 7.00. The summed E-state index contributed by atoms with van der Waals surface area (Å²) in [5, 5.41) is 19.0. The van der Waals surface area contributed by atoms with Crippen LogP contribution in [0.25, 0.3) is 0 Å². The van der Waals surface area contributed by atoms with E-state index < -0.39 is 22.8 Å². The Morgan fingerprint density at radius 3 is 2.25 bits per heavy atom. The Labute approximate surface area is 125 Å². The van der Waals surface area contributed by atoms with E-state index in [0.29, 0.717) is 12.0 Å². The lowest BCUT2D eigenvalue weighted by atomic mass is 9.63. The average molecular weight is 339 g/mol. The van der Waals surface area contributed by atoms with Gasteiger partial charge in [0, 0.05) is 4.47 Å². The van der Waals surface area contributed by atoms with E-state index >= 15 is 0 Å². The standard InChI is InChI=1S/C15H15BrO4/c1-14(12(17)18)7-2-8-15(9-14,13(19)20)10-3-5-11(16)6-4-10/h2-7H,8-9H2,1H3,(H,17,18)(H,19,20). The summed E-state index contributed by atoms with van der Waals surface area (Å²) in [5.74, 6) is -1.99. The molecule has 0 saturated carbocycles. The predicted molar refractivity (Wildman–Crippen MR) is 77.6 cm³/mol. The zero-order chi connectivity index (χ0) is 15.0. The molecule has 0 radical (unpaired) electrons. The lowest BCUT2D eigenvalue weighted by Crippen LogP contribution is -2.44. The molecule has 1 aliphatic carbocycles. The highest BCUT2D eigenvalue weighted by atomic mass is 79.9. The lowest BCUT2D eigenvalue weighted by molar-refractivity contribution is -0.151. The summed E-state index contributed by atoms with van der Waals surface area (Å²) in [6.45, 7) is 1.56. The van der Waals surface area contributed by atoms with Gasteiger partial charge in [-0.25, -0.2) is 0 Å². The highest BCUT2D eigenvalue weighted by molar-refractivity contribution is 9.10. The van der Waals surface area contributed by atoms with Crippen LogP contribution in [0.5, 0.6) is 0 Å². The van der Waals surface area contributed by atoms with Gasteiger partial charge in [0.2, 0.25) is 0 Å². The maximum atomic E-state index is 11.8. The van der Waals surface area contributed by atoms with Crippen molar-refractivity contribution in [1.82, 2.24) is 0 Å². The maximum absolute atomic E-state index is 11.8. The molecule has 1 aliphatic rings. The van der Waals surface area contributed by atoms with Crippen molar-refractivity contribution in [2.45, 2.75) is 25.2 Å². The summed E-state index contributed by atoms with van der Waals surface area (Å²) in [6, 6.07) is 7.02. The molecule has 106 valence electrons. The zero-order valence-electron chi connectivity index (χ0n) is 11.0. The summed E-state index contributed by atoms with van der Waals surface area (Å²) in [4.78, 5) is 23.3. The van der Waals surface area contributed by atoms with Gasteiger partial charge in [0.05, 0.1) is 10.8 Å². The number of carboxylic acids is 2. The molecule has 4 nitrogen and oxygen atoms in total. The van der Waals surface area contributed by atoms with Gasteiger partial charge in [-0.2, -0.15) is 0 Å². The molecular weight excluding hydrogens is 324 g/mol. The minimum atomic E-state index is -1.19. The fraction of sp³-hybridized carbons (Fsp3) is 0.333. The van der Waals surface area contributed by atoms with Crippen LogP contribution in [0.1, 0.15) is 25.3 Å². The topological polar surface area (TPSA) is 74.6 Å². The summed E-state index contributed by atoms with van der Waals surface area (Å²) >= 11 is 3.31. The quantitative estimate of drug-likeness (QED) is 0.830. The number of aliphatic carboxylic acids is 2. The van der Waals surface area contributed by atoms with Gasteiger partial charge in [-0.05, 0) is 37.5 Å². The molecule has 0 bridgehead atoms. The minimum Gasteiger partial charge on any atom is -0.481 e. The van der Waals surface area contributed by atoms with Crippen LogP contribution >= 0.6 is 15.9 Å². The molecule has 2 rings (SSSR count). The van der Waals surface area contributed by atoms with Crippen molar-refractivity contribution in [3.63, 3.8) is 0 Å². The number of rotatable bonds is 3. The summed E-state index contributed by atoms with van der Waals surface area (Å²) in [6.07, 6.45) is 3.60. The molecule has 1 aromatic carbocycles. The second kappa shape index (κ2) is 5.05. The van der Waals surface area contributed by atoms with E-state index in [1.54, 1.807) is 43.3 Å². The third-order valence-electron chi connectivity index (χ3n) is 3.92. The molecule has 2 atom stereocenters. The SMILES string of the molecule is CC1(C(=O)O)C=CCC(C(=O)O)(c2ccc(Br)cc2)C1. The normalized spacial score (nSPS) is 29.1. The smallest absolute Gasteiger partial charge is 0.314 e. The van der Waals surface area contributed by atoms with Crippen molar-refractivity contribution < 1.29 is 19.8 Å². The van der Waals surface area contributed by atoms with E-state index in [-0.39, 0.29) is 6.42 Å². The van der Waals surface area contributed by atoms with Crippen LogP contribution in [0, 0.1) is 5.41 Å². The molecule has 0 fully saturated rings. The minimum absolute atomic E-state index is 0.0444. The first-order valence-electron chi connectivity index (χ1n) is 6.21. The molecule has 2 unspecified atom stereocenters. The molecule has 0 aliphatic heterocycles. The molecule has 0 saturated heterocycles. The highest BCUT2D eigenvalue weighted by Gasteiger charge is 2.49. The molecule has 0 aromatic heterocycles. The number of allylic oxidation sites excluding steroid dienone is 1. The number of carboxylic acid groups (broad SMARTS) is 2. The average Bonchev–Trinajstić information content (AvgIpc) is 2.39. The van der Waals surface area contributed by atoms with Gasteiger partial charge in [-0.15, -0.1) is 0 Å². The molecule has 0 amide bonds. The molecular formula is C15H15BrO4. The van der Waals surface area contributed by atoms with E-state index in [4.69, 9.17) is 0 Å². The van der Waals surface area contributed by atoms with E-state index in [0.717, 1.165) is 4.47 Å². The number of hydrogen-bond donors (Lipinski definition) is 2. The van der Waals surface area contributed by atoms with Crippen LogP contribution in [-0.2, 0) is 15.0 Å². The van der Waals surface area contributed by atoms with Crippen LogP contribution in [0.15, 0.2) is 40.9 Å². The van der Waals surface area contributed by atoms with Gasteiger partial charge in [-0.3, -0.25) is 9.59 Å². The number of hydrogen-bond acceptors (Lipinski definition) is 2. The van der Waals surface area contributed by atoms with Crippen LogP contribution < -0.4 is 0 Å². The van der Waals surface area contributed by atoms with Crippen LogP contribution in [0.2, 0.25) is 0 Å². The molecule has 0 spiro atoms. The van der Waals surface area contributed by atoms with Crippen molar-refractivity contribution >= 4 is 27.9 Å². The van der Waals surface area contributed by atoms with Gasteiger partial charge < -0.3 is 10.2 Å². The number of benzene rings is 1. The summed E-state index contributed by atoms with van der Waals surface area (Å²) in [5.41, 5.74) is -1.73. The van der Waals surface area contributed by atoms with Crippen molar-refractivity contribution in [1.29, 1.82) is 0 Å². The monoisotopic (exact) mass is 338 g/mol. The lowest BCUT2D eigenvalue weighted by Gasteiger charge is -2.38. The van der Waals surface area contributed by atoms with Crippen molar-refractivity contribution in [3.8, 4) is 0 Å². The first-order chi connectivity index (χ1) is 9.30. The van der Waals surface area contributed by atoms with E-state index in [9.17, 15) is 19.8 Å². The Balaban J connectivity index is 2.52. The van der Waals surface area contributed by atoms with E-state index in [1.165, 1.54) is 0 Å². The van der Waals surface area contributed by atoms with Crippen LogP contribution in [0.4, 0.5) is 0 Å². The van der Waals surface area contributed by atoms with Gasteiger partial charge in [0.1, 0.15) is 0 Å². The summed E-state index contributed by atoms with van der Waals surface area (Å²) < 4.78 is 0.856.